The summed E-state index contributed by atoms with van der Waals surface area (Å²) < 4.78 is 38.1. The summed E-state index contributed by atoms with van der Waals surface area (Å²) >= 11 is 6.03. The van der Waals surface area contributed by atoms with Crippen LogP contribution in [0, 0.1) is 0 Å². The third-order valence-corrected chi connectivity index (χ3v) is 4.09. The topological polar surface area (TPSA) is 52.6 Å². The molecule has 0 radical (unpaired) electrons. The summed E-state index contributed by atoms with van der Waals surface area (Å²) in [5, 5.41) is 6.56. The van der Waals surface area contributed by atoms with Gasteiger partial charge in [-0.1, -0.05) is 18.5 Å². The number of aromatic nitrogens is 1. The molecule has 5 nitrogen and oxygen atoms in total. The Labute approximate surface area is 150 Å². The van der Waals surface area contributed by atoms with Crippen molar-refractivity contribution < 1.29 is 13.2 Å². The second kappa shape index (κ2) is 8.60. The summed E-state index contributed by atoms with van der Waals surface area (Å²) in [5.41, 5.74) is -0.837. The number of guanidine groups is 1. The summed E-state index contributed by atoms with van der Waals surface area (Å²) in [6.45, 7) is 6.83. The summed E-state index contributed by atoms with van der Waals surface area (Å²) in [5.74, 6) is 1.14. The van der Waals surface area contributed by atoms with Gasteiger partial charge in [0, 0.05) is 38.4 Å². The Balaban J connectivity index is 2.02. The number of halogens is 4. The molecule has 0 spiro atoms. The van der Waals surface area contributed by atoms with E-state index in [1.807, 2.05) is 11.8 Å². The first kappa shape index (κ1) is 19.6. The Bertz CT molecular complexity index is 606. The summed E-state index contributed by atoms with van der Waals surface area (Å²) in [7, 11) is 0. The van der Waals surface area contributed by atoms with E-state index in [1.165, 1.54) is 0 Å². The Morgan fingerprint density at radius 3 is 2.80 bits per heavy atom. The first-order valence-corrected chi connectivity index (χ1v) is 8.75. The third kappa shape index (κ3) is 5.39. The van der Waals surface area contributed by atoms with Crippen LogP contribution in [0.25, 0.3) is 0 Å². The molecule has 1 saturated heterocycles. The lowest BCUT2D eigenvalue weighted by molar-refractivity contribution is -0.137. The van der Waals surface area contributed by atoms with E-state index in [9.17, 15) is 13.2 Å². The van der Waals surface area contributed by atoms with E-state index in [-0.39, 0.29) is 11.1 Å². The molecule has 2 heterocycles. The number of anilines is 1. The maximum Gasteiger partial charge on any atom is 0.417 e. The molecule has 1 fully saturated rings. The lowest BCUT2D eigenvalue weighted by Crippen LogP contribution is -2.44. The maximum atomic E-state index is 12.7. The predicted molar refractivity (Wildman–Crippen MR) is 94.3 cm³/mol. The monoisotopic (exact) mass is 377 g/mol. The van der Waals surface area contributed by atoms with Crippen LogP contribution in [0.4, 0.5) is 19.0 Å². The fourth-order valence-corrected chi connectivity index (χ4v) is 2.91. The molecule has 1 unspecified atom stereocenters. The summed E-state index contributed by atoms with van der Waals surface area (Å²) in [6.07, 6.45) is -1.83. The molecule has 9 heteroatoms. The minimum atomic E-state index is -4.44. The van der Waals surface area contributed by atoms with Crippen LogP contribution in [0.2, 0.25) is 5.02 Å². The normalized spacial score (nSPS) is 18.6. The van der Waals surface area contributed by atoms with Crippen LogP contribution >= 0.6 is 11.6 Å². The van der Waals surface area contributed by atoms with Gasteiger partial charge < -0.3 is 15.5 Å². The number of hydrogen-bond donors (Lipinski definition) is 2. The molecule has 0 saturated carbocycles. The van der Waals surface area contributed by atoms with Gasteiger partial charge in [0.25, 0.3) is 0 Å². The van der Waals surface area contributed by atoms with Crippen molar-refractivity contribution in [2.45, 2.75) is 38.9 Å². The van der Waals surface area contributed by atoms with Crippen LogP contribution in [0.5, 0.6) is 0 Å². The van der Waals surface area contributed by atoms with E-state index in [0.29, 0.717) is 18.9 Å². The van der Waals surface area contributed by atoms with Crippen LogP contribution in [0.3, 0.4) is 0 Å². The molecule has 1 aliphatic heterocycles. The standard InChI is InChI=1S/C16H23ClF3N5/c1-3-6-22-15(21-4-2)24-12-5-7-25(10-12)14-13(17)8-11(9-23-14)16(18,19)20/h8-9,12H,3-7,10H2,1-2H3,(H2,21,22,24). The van der Waals surface area contributed by atoms with Crippen molar-refractivity contribution in [3.05, 3.63) is 22.8 Å². The van der Waals surface area contributed by atoms with E-state index < -0.39 is 11.7 Å². The van der Waals surface area contributed by atoms with E-state index in [1.54, 1.807) is 0 Å². The Morgan fingerprint density at radius 2 is 2.20 bits per heavy atom. The van der Waals surface area contributed by atoms with Gasteiger partial charge in [0.2, 0.25) is 0 Å². The van der Waals surface area contributed by atoms with Gasteiger partial charge in [-0.25, -0.2) is 4.98 Å². The molecule has 1 aliphatic rings. The van der Waals surface area contributed by atoms with Crippen LogP contribution in [-0.4, -0.2) is 43.2 Å². The molecule has 0 bridgehead atoms. The van der Waals surface area contributed by atoms with Gasteiger partial charge in [-0.2, -0.15) is 13.2 Å². The molecule has 2 rings (SSSR count). The zero-order chi connectivity index (χ0) is 18.4. The van der Waals surface area contributed by atoms with Crippen LogP contribution in [0.1, 0.15) is 32.3 Å². The van der Waals surface area contributed by atoms with Crippen molar-refractivity contribution in [2.75, 3.05) is 31.1 Å². The van der Waals surface area contributed by atoms with E-state index in [4.69, 9.17) is 11.6 Å². The van der Waals surface area contributed by atoms with Crippen molar-refractivity contribution in [1.29, 1.82) is 0 Å². The molecule has 1 aromatic rings. The largest absolute Gasteiger partial charge is 0.417 e. The van der Waals surface area contributed by atoms with Crippen molar-refractivity contribution in [3.8, 4) is 0 Å². The van der Waals surface area contributed by atoms with Gasteiger partial charge in [-0.3, -0.25) is 4.99 Å². The highest BCUT2D eigenvalue weighted by molar-refractivity contribution is 6.33. The zero-order valence-corrected chi connectivity index (χ0v) is 15.1. The highest BCUT2D eigenvalue weighted by atomic mass is 35.5. The highest BCUT2D eigenvalue weighted by Crippen LogP contribution is 2.34. The lowest BCUT2D eigenvalue weighted by Gasteiger charge is -2.21. The second-order valence-corrected chi connectivity index (χ2v) is 6.27. The van der Waals surface area contributed by atoms with Crippen molar-refractivity contribution in [2.24, 2.45) is 4.99 Å². The van der Waals surface area contributed by atoms with Crippen molar-refractivity contribution in [1.82, 2.24) is 15.6 Å². The molecule has 140 valence electrons. The second-order valence-electron chi connectivity index (χ2n) is 5.86. The molecule has 2 N–H and O–H groups in total. The Kier molecular flexibility index (Phi) is 6.75. The minimum Gasteiger partial charge on any atom is -0.357 e. The molecule has 0 aromatic carbocycles. The van der Waals surface area contributed by atoms with Gasteiger partial charge >= 0.3 is 6.18 Å². The van der Waals surface area contributed by atoms with Crippen molar-refractivity contribution >= 4 is 23.4 Å². The molecule has 1 aromatic heterocycles. The van der Waals surface area contributed by atoms with Crippen LogP contribution in [-0.2, 0) is 6.18 Å². The maximum absolute atomic E-state index is 12.7. The third-order valence-electron chi connectivity index (χ3n) is 3.82. The van der Waals surface area contributed by atoms with Gasteiger partial charge in [0.1, 0.15) is 5.82 Å². The fourth-order valence-electron chi connectivity index (χ4n) is 2.63. The number of rotatable bonds is 5. The zero-order valence-electron chi connectivity index (χ0n) is 14.3. The van der Waals surface area contributed by atoms with Gasteiger partial charge in [-0.05, 0) is 25.8 Å². The Hall–Kier alpha value is -1.70. The van der Waals surface area contributed by atoms with E-state index >= 15 is 0 Å². The number of hydrogen-bond acceptors (Lipinski definition) is 3. The Morgan fingerprint density at radius 1 is 1.44 bits per heavy atom. The van der Waals surface area contributed by atoms with Crippen LogP contribution < -0.4 is 15.5 Å². The molecule has 1 atom stereocenters. The van der Waals surface area contributed by atoms with E-state index in [0.717, 1.165) is 44.2 Å². The average Bonchev–Trinajstić information content (AvgIpc) is 3.00. The number of nitrogens with one attached hydrogen (secondary N) is 2. The predicted octanol–water partition coefficient (Wildman–Crippen LogP) is 3.30. The smallest absolute Gasteiger partial charge is 0.357 e. The number of aliphatic imine (C=N–C) groups is 1. The van der Waals surface area contributed by atoms with Crippen LogP contribution in [0.15, 0.2) is 17.3 Å². The first-order valence-electron chi connectivity index (χ1n) is 8.37. The number of alkyl halides is 3. The van der Waals surface area contributed by atoms with E-state index in [2.05, 4.69) is 27.5 Å². The lowest BCUT2D eigenvalue weighted by atomic mass is 10.2. The summed E-state index contributed by atoms with van der Waals surface area (Å²) in [4.78, 5) is 10.3. The molecular weight excluding hydrogens is 355 g/mol. The quantitative estimate of drug-likeness (QED) is 0.610. The fraction of sp³-hybridized carbons (Fsp3) is 0.625. The van der Waals surface area contributed by atoms with Crippen molar-refractivity contribution in [3.63, 3.8) is 0 Å². The molecule has 25 heavy (non-hydrogen) atoms. The highest BCUT2D eigenvalue weighted by Gasteiger charge is 2.33. The number of pyridine rings is 1. The van der Waals surface area contributed by atoms with Gasteiger partial charge in [-0.15, -0.1) is 0 Å². The average molecular weight is 378 g/mol. The molecule has 0 aliphatic carbocycles. The molecular formula is C16H23ClF3N5. The van der Waals surface area contributed by atoms with Gasteiger partial charge in [0.15, 0.2) is 5.96 Å². The van der Waals surface area contributed by atoms with Gasteiger partial charge in [0.05, 0.1) is 10.6 Å². The minimum absolute atomic E-state index is 0.0158. The summed E-state index contributed by atoms with van der Waals surface area (Å²) in [6, 6.07) is 1.06. The molecule has 0 amide bonds. The SMILES string of the molecule is CCCN=C(NCC)NC1CCN(c2ncc(C(F)(F)F)cc2Cl)C1. The first-order chi connectivity index (χ1) is 11.8. The number of nitrogens with zero attached hydrogens (tertiary/aromatic N) is 3.